The predicted octanol–water partition coefficient (Wildman–Crippen LogP) is 4.08. The van der Waals surface area contributed by atoms with Gasteiger partial charge in [-0.05, 0) is 24.3 Å². The first-order valence-electron chi connectivity index (χ1n) is 7.94. The second-order valence-corrected chi connectivity index (χ2v) is 5.38. The molecule has 0 aliphatic heterocycles. The normalized spacial score (nSPS) is 10.5. The van der Waals surface area contributed by atoms with E-state index in [0.29, 0.717) is 30.6 Å². The van der Waals surface area contributed by atoms with Gasteiger partial charge in [0.25, 0.3) is 0 Å². The molecule has 1 heterocycles. The standard InChI is InChI=1S/C19H19FN4O/c1-25-12-11-21-17-13-18(22-16-9-7-15(20)8-10-16)24-19(23-17)14-5-3-2-4-6-14/h2-10,13H,11-12H2,1H3,(H2,21,22,23,24). The Kier molecular flexibility index (Phi) is 5.53. The highest BCUT2D eigenvalue weighted by Gasteiger charge is 2.07. The van der Waals surface area contributed by atoms with Crippen molar-refractivity contribution < 1.29 is 9.13 Å². The van der Waals surface area contributed by atoms with Crippen LogP contribution >= 0.6 is 0 Å². The van der Waals surface area contributed by atoms with Crippen molar-refractivity contribution in [3.8, 4) is 11.4 Å². The van der Waals surface area contributed by atoms with Crippen LogP contribution in [0.2, 0.25) is 0 Å². The summed E-state index contributed by atoms with van der Waals surface area (Å²) in [6.45, 7) is 1.21. The van der Waals surface area contributed by atoms with Gasteiger partial charge in [-0.15, -0.1) is 0 Å². The van der Waals surface area contributed by atoms with Gasteiger partial charge in [0.1, 0.15) is 17.5 Å². The third-order valence-corrected chi connectivity index (χ3v) is 3.49. The van der Waals surface area contributed by atoms with Crippen LogP contribution in [0.15, 0.2) is 60.7 Å². The number of hydrogen-bond donors (Lipinski definition) is 2. The quantitative estimate of drug-likeness (QED) is 0.636. The Hall–Kier alpha value is -2.99. The lowest BCUT2D eigenvalue weighted by atomic mass is 10.2. The van der Waals surface area contributed by atoms with Crippen LogP contribution in [0.5, 0.6) is 0 Å². The Bertz CT molecular complexity index is 809. The van der Waals surface area contributed by atoms with Gasteiger partial charge in [0, 0.05) is 31.0 Å². The Morgan fingerprint density at radius 2 is 1.68 bits per heavy atom. The van der Waals surface area contributed by atoms with E-state index in [1.807, 2.05) is 36.4 Å². The summed E-state index contributed by atoms with van der Waals surface area (Å²) in [6.07, 6.45) is 0. The summed E-state index contributed by atoms with van der Waals surface area (Å²) in [4.78, 5) is 9.12. The minimum Gasteiger partial charge on any atom is -0.383 e. The van der Waals surface area contributed by atoms with Gasteiger partial charge >= 0.3 is 0 Å². The molecule has 0 radical (unpaired) electrons. The SMILES string of the molecule is COCCNc1cc(Nc2ccc(F)cc2)nc(-c2ccccc2)n1. The van der Waals surface area contributed by atoms with E-state index in [-0.39, 0.29) is 5.82 Å². The average Bonchev–Trinajstić information content (AvgIpc) is 2.64. The molecular formula is C19H19FN4O. The van der Waals surface area contributed by atoms with Crippen molar-refractivity contribution in [2.45, 2.75) is 0 Å². The van der Waals surface area contributed by atoms with Crippen LogP contribution in [-0.2, 0) is 4.74 Å². The van der Waals surface area contributed by atoms with Gasteiger partial charge in [-0.25, -0.2) is 14.4 Å². The predicted molar refractivity (Wildman–Crippen MR) is 97.5 cm³/mol. The zero-order valence-electron chi connectivity index (χ0n) is 13.9. The Morgan fingerprint density at radius 1 is 0.960 bits per heavy atom. The molecule has 2 aromatic carbocycles. The molecule has 3 rings (SSSR count). The van der Waals surface area contributed by atoms with E-state index in [9.17, 15) is 4.39 Å². The van der Waals surface area contributed by atoms with Crippen LogP contribution in [0.4, 0.5) is 21.7 Å². The first kappa shape index (κ1) is 16.9. The lowest BCUT2D eigenvalue weighted by Crippen LogP contribution is -2.10. The highest BCUT2D eigenvalue weighted by atomic mass is 19.1. The molecule has 0 spiro atoms. The molecular weight excluding hydrogens is 319 g/mol. The summed E-state index contributed by atoms with van der Waals surface area (Å²) in [5.74, 6) is 1.64. The van der Waals surface area contributed by atoms with E-state index in [4.69, 9.17) is 4.74 Å². The third-order valence-electron chi connectivity index (χ3n) is 3.49. The Morgan fingerprint density at radius 3 is 2.40 bits per heavy atom. The van der Waals surface area contributed by atoms with E-state index >= 15 is 0 Å². The summed E-state index contributed by atoms with van der Waals surface area (Å²) < 4.78 is 18.1. The van der Waals surface area contributed by atoms with Gasteiger partial charge in [0.2, 0.25) is 0 Å². The lowest BCUT2D eigenvalue weighted by molar-refractivity contribution is 0.210. The fraction of sp³-hybridized carbons (Fsp3) is 0.158. The fourth-order valence-corrected chi connectivity index (χ4v) is 2.28. The highest BCUT2D eigenvalue weighted by molar-refractivity contribution is 5.65. The maximum atomic E-state index is 13.1. The van der Waals surface area contributed by atoms with E-state index < -0.39 is 0 Å². The zero-order chi connectivity index (χ0) is 17.5. The summed E-state index contributed by atoms with van der Waals surface area (Å²) in [6, 6.07) is 17.7. The van der Waals surface area contributed by atoms with Crippen molar-refractivity contribution in [2.24, 2.45) is 0 Å². The number of nitrogens with one attached hydrogen (secondary N) is 2. The molecule has 128 valence electrons. The maximum absolute atomic E-state index is 13.1. The summed E-state index contributed by atoms with van der Waals surface area (Å²) in [5, 5.41) is 6.40. The maximum Gasteiger partial charge on any atom is 0.163 e. The zero-order valence-corrected chi connectivity index (χ0v) is 13.9. The van der Waals surface area contributed by atoms with Gasteiger partial charge < -0.3 is 15.4 Å². The highest BCUT2D eigenvalue weighted by Crippen LogP contribution is 2.22. The second-order valence-electron chi connectivity index (χ2n) is 5.38. The summed E-state index contributed by atoms with van der Waals surface area (Å²) in [7, 11) is 1.65. The first-order valence-corrected chi connectivity index (χ1v) is 7.94. The van der Waals surface area contributed by atoms with E-state index in [2.05, 4.69) is 20.6 Å². The van der Waals surface area contributed by atoms with Gasteiger partial charge in [0.15, 0.2) is 5.82 Å². The molecule has 0 saturated heterocycles. The number of anilines is 3. The number of nitrogens with zero attached hydrogens (tertiary/aromatic N) is 2. The molecule has 0 aliphatic rings. The molecule has 1 aromatic heterocycles. The van der Waals surface area contributed by atoms with Gasteiger partial charge in [0.05, 0.1) is 6.61 Å². The van der Waals surface area contributed by atoms with Crippen LogP contribution < -0.4 is 10.6 Å². The number of hydrogen-bond acceptors (Lipinski definition) is 5. The second kappa shape index (κ2) is 8.21. The Labute approximate surface area is 145 Å². The number of aromatic nitrogens is 2. The molecule has 0 aliphatic carbocycles. The van der Waals surface area contributed by atoms with Crippen molar-refractivity contribution in [3.63, 3.8) is 0 Å². The van der Waals surface area contributed by atoms with Crippen molar-refractivity contribution in [3.05, 3.63) is 66.5 Å². The fourth-order valence-electron chi connectivity index (χ4n) is 2.28. The summed E-state index contributed by atoms with van der Waals surface area (Å²) in [5.41, 5.74) is 1.67. The molecule has 0 fully saturated rings. The van der Waals surface area contributed by atoms with Crippen LogP contribution in [0.25, 0.3) is 11.4 Å². The van der Waals surface area contributed by atoms with Crippen molar-refractivity contribution in [1.29, 1.82) is 0 Å². The largest absolute Gasteiger partial charge is 0.383 e. The molecule has 0 atom stereocenters. The molecule has 0 saturated carbocycles. The summed E-state index contributed by atoms with van der Waals surface area (Å²) >= 11 is 0. The van der Waals surface area contributed by atoms with E-state index in [1.54, 1.807) is 19.2 Å². The number of methoxy groups -OCH3 is 1. The van der Waals surface area contributed by atoms with Crippen LogP contribution in [-0.4, -0.2) is 30.2 Å². The minimum absolute atomic E-state index is 0.278. The lowest BCUT2D eigenvalue weighted by Gasteiger charge is -2.11. The topological polar surface area (TPSA) is 59.1 Å². The van der Waals surface area contributed by atoms with Crippen LogP contribution in [0.3, 0.4) is 0 Å². The number of rotatable bonds is 7. The number of benzene rings is 2. The van der Waals surface area contributed by atoms with E-state index in [1.165, 1.54) is 12.1 Å². The van der Waals surface area contributed by atoms with Crippen molar-refractivity contribution in [2.75, 3.05) is 30.9 Å². The minimum atomic E-state index is -0.278. The molecule has 25 heavy (non-hydrogen) atoms. The molecule has 0 bridgehead atoms. The van der Waals surface area contributed by atoms with Crippen molar-refractivity contribution >= 4 is 17.3 Å². The molecule has 3 aromatic rings. The van der Waals surface area contributed by atoms with Crippen LogP contribution in [0.1, 0.15) is 0 Å². The molecule has 6 heteroatoms. The number of ether oxygens (including phenoxy) is 1. The molecule has 2 N–H and O–H groups in total. The molecule has 0 unspecified atom stereocenters. The van der Waals surface area contributed by atoms with Crippen molar-refractivity contribution in [1.82, 2.24) is 9.97 Å². The third kappa shape index (κ3) is 4.74. The Balaban J connectivity index is 1.89. The monoisotopic (exact) mass is 338 g/mol. The number of halogens is 1. The smallest absolute Gasteiger partial charge is 0.163 e. The first-order chi connectivity index (χ1) is 12.2. The van der Waals surface area contributed by atoms with E-state index in [0.717, 1.165) is 11.3 Å². The molecule has 5 nitrogen and oxygen atoms in total. The van der Waals surface area contributed by atoms with Gasteiger partial charge in [-0.2, -0.15) is 0 Å². The van der Waals surface area contributed by atoms with Crippen LogP contribution in [0, 0.1) is 5.82 Å². The molecule has 0 amide bonds. The average molecular weight is 338 g/mol. The van der Waals surface area contributed by atoms with Gasteiger partial charge in [-0.3, -0.25) is 0 Å². The van der Waals surface area contributed by atoms with Gasteiger partial charge in [-0.1, -0.05) is 30.3 Å².